The molecule has 0 amide bonds. The summed E-state index contributed by atoms with van der Waals surface area (Å²) in [6.45, 7) is 6.46. The van der Waals surface area contributed by atoms with Gasteiger partial charge in [0.25, 0.3) is 0 Å². The van der Waals surface area contributed by atoms with Crippen molar-refractivity contribution in [2.45, 2.75) is 33.1 Å². The van der Waals surface area contributed by atoms with E-state index in [0.29, 0.717) is 25.6 Å². The van der Waals surface area contributed by atoms with Gasteiger partial charge in [0.2, 0.25) is 12.2 Å². The molecule has 2 unspecified atom stereocenters. The molecule has 0 aromatic rings. The number of carbonyl (C=O) groups excluding carboxylic acids is 2. The summed E-state index contributed by atoms with van der Waals surface area (Å²) in [4.78, 5) is 27.1. The van der Waals surface area contributed by atoms with Crippen LogP contribution in [0.15, 0.2) is 9.98 Å². The number of hydrogen-bond acceptors (Lipinski definition) is 5. The Labute approximate surface area is 108 Å². The molecule has 0 radical (unpaired) electrons. The van der Waals surface area contributed by atoms with E-state index >= 15 is 0 Å². The van der Waals surface area contributed by atoms with Crippen LogP contribution in [0.4, 0.5) is 0 Å². The Morgan fingerprint density at radius 1 is 1.17 bits per heavy atom. The van der Waals surface area contributed by atoms with E-state index in [4.69, 9.17) is 4.74 Å². The van der Waals surface area contributed by atoms with Crippen molar-refractivity contribution < 1.29 is 14.3 Å². The highest BCUT2D eigenvalue weighted by Crippen LogP contribution is 2.10. The molecule has 0 aromatic heterocycles. The summed E-state index contributed by atoms with van der Waals surface area (Å²) in [7, 11) is 0. The number of ether oxygens (including phenoxy) is 1. The zero-order valence-electron chi connectivity index (χ0n) is 11.2. The van der Waals surface area contributed by atoms with Crippen molar-refractivity contribution in [3.8, 4) is 0 Å². The highest BCUT2D eigenvalue weighted by Gasteiger charge is 2.09. The lowest BCUT2D eigenvalue weighted by molar-refractivity contribution is 0.0739. The minimum absolute atomic E-state index is 0.192. The molecule has 18 heavy (non-hydrogen) atoms. The van der Waals surface area contributed by atoms with Crippen molar-refractivity contribution in [2.24, 2.45) is 21.8 Å². The van der Waals surface area contributed by atoms with Crippen LogP contribution in [0, 0.1) is 11.8 Å². The Morgan fingerprint density at radius 2 is 1.89 bits per heavy atom. The lowest BCUT2D eigenvalue weighted by Gasteiger charge is -2.15. The van der Waals surface area contributed by atoms with Gasteiger partial charge in [0.05, 0.1) is 19.7 Å². The fourth-order valence-corrected chi connectivity index (χ4v) is 1.45. The molecule has 0 heterocycles. The number of nitrogens with zero attached hydrogens (tertiary/aromatic N) is 2. The first kappa shape index (κ1) is 16.7. The molecule has 0 bridgehead atoms. The number of aliphatic imine (C=N–C) groups is 2. The minimum Gasteiger partial charge on any atom is -0.381 e. The van der Waals surface area contributed by atoms with Gasteiger partial charge >= 0.3 is 0 Å². The van der Waals surface area contributed by atoms with Gasteiger partial charge in [0.1, 0.15) is 0 Å². The Balaban J connectivity index is 3.89. The molecule has 0 aliphatic rings. The van der Waals surface area contributed by atoms with E-state index in [1.807, 2.05) is 0 Å². The van der Waals surface area contributed by atoms with Crippen LogP contribution >= 0.6 is 0 Å². The van der Waals surface area contributed by atoms with Crippen LogP contribution in [0.3, 0.4) is 0 Å². The molecule has 5 heteroatoms. The maximum atomic E-state index is 10.1. The Kier molecular flexibility index (Phi) is 11.3. The van der Waals surface area contributed by atoms with Gasteiger partial charge in [-0.05, 0) is 18.8 Å². The fraction of sp³-hybridized carbons (Fsp3) is 0.846. The fourth-order valence-electron chi connectivity index (χ4n) is 1.45. The van der Waals surface area contributed by atoms with E-state index in [1.165, 1.54) is 6.08 Å². The van der Waals surface area contributed by atoms with E-state index in [-0.39, 0.29) is 5.92 Å². The molecule has 0 N–H and O–H groups in total. The predicted octanol–water partition coefficient (Wildman–Crippen LogP) is 2.12. The smallest absolute Gasteiger partial charge is 0.234 e. The first-order valence-corrected chi connectivity index (χ1v) is 6.39. The number of hydrogen-bond donors (Lipinski definition) is 0. The Morgan fingerprint density at radius 3 is 2.50 bits per heavy atom. The molecular weight excluding hydrogens is 232 g/mol. The van der Waals surface area contributed by atoms with E-state index in [0.717, 1.165) is 25.9 Å². The molecule has 0 spiro atoms. The van der Waals surface area contributed by atoms with Crippen molar-refractivity contribution in [1.82, 2.24) is 0 Å². The molecule has 0 rings (SSSR count). The number of rotatable bonds is 11. The van der Waals surface area contributed by atoms with Crippen LogP contribution in [-0.4, -0.2) is 38.5 Å². The molecular formula is C13H22N2O3. The molecule has 0 aliphatic carbocycles. The summed E-state index contributed by atoms with van der Waals surface area (Å²) < 4.78 is 5.60. The van der Waals surface area contributed by atoms with Gasteiger partial charge in [-0.25, -0.2) is 19.6 Å². The van der Waals surface area contributed by atoms with Crippen molar-refractivity contribution in [3.63, 3.8) is 0 Å². The van der Waals surface area contributed by atoms with Gasteiger partial charge < -0.3 is 4.74 Å². The third kappa shape index (κ3) is 9.91. The average molecular weight is 254 g/mol. The summed E-state index contributed by atoms with van der Waals surface area (Å²) in [5.41, 5.74) is 0. The Hall–Kier alpha value is -1.28. The maximum Gasteiger partial charge on any atom is 0.234 e. The van der Waals surface area contributed by atoms with Gasteiger partial charge in [-0.2, -0.15) is 0 Å². The van der Waals surface area contributed by atoms with Crippen molar-refractivity contribution in [1.29, 1.82) is 0 Å². The summed E-state index contributed by atoms with van der Waals surface area (Å²) in [6.07, 6.45) is 5.75. The largest absolute Gasteiger partial charge is 0.381 e. The van der Waals surface area contributed by atoms with E-state index in [1.54, 1.807) is 6.08 Å². The summed E-state index contributed by atoms with van der Waals surface area (Å²) in [5, 5.41) is 0. The third-order valence-electron chi connectivity index (χ3n) is 2.81. The van der Waals surface area contributed by atoms with Crippen LogP contribution in [0.25, 0.3) is 0 Å². The summed E-state index contributed by atoms with van der Waals surface area (Å²) in [5.74, 6) is 0.734. The third-order valence-corrected chi connectivity index (χ3v) is 2.81. The summed E-state index contributed by atoms with van der Waals surface area (Å²) >= 11 is 0. The highest BCUT2D eigenvalue weighted by molar-refractivity contribution is 5.33. The van der Waals surface area contributed by atoms with Gasteiger partial charge in [-0.15, -0.1) is 0 Å². The van der Waals surface area contributed by atoms with Crippen molar-refractivity contribution in [3.05, 3.63) is 0 Å². The van der Waals surface area contributed by atoms with Gasteiger partial charge in [-0.3, -0.25) is 0 Å². The molecule has 102 valence electrons. The average Bonchev–Trinajstić information content (AvgIpc) is 2.39. The molecule has 0 aliphatic heterocycles. The Bertz CT molecular complexity index is 295. The molecule has 0 aromatic carbocycles. The second-order valence-corrected chi connectivity index (χ2v) is 4.46. The minimum atomic E-state index is 0.192. The number of isocyanates is 2. The molecule has 0 saturated heterocycles. The lowest BCUT2D eigenvalue weighted by atomic mass is 10.0. The molecule has 0 fully saturated rings. The van der Waals surface area contributed by atoms with Gasteiger partial charge in [-0.1, -0.05) is 20.3 Å². The maximum absolute atomic E-state index is 10.1. The standard InChI is InChI=1S/C13H22N2O3/c1-3-12(2)8-18-9-13(7-15-11-17)5-4-6-14-10-16/h12-13H,3-9H2,1-2H3. The quantitative estimate of drug-likeness (QED) is 0.322. The molecule has 2 atom stereocenters. The van der Waals surface area contributed by atoms with Gasteiger partial charge in [0, 0.05) is 12.5 Å². The SMILES string of the molecule is CCC(C)COCC(CCCN=C=O)CN=C=O. The lowest BCUT2D eigenvalue weighted by Crippen LogP contribution is -2.16. The summed E-state index contributed by atoms with van der Waals surface area (Å²) in [6, 6.07) is 0. The van der Waals surface area contributed by atoms with Crippen LogP contribution in [0.2, 0.25) is 0 Å². The van der Waals surface area contributed by atoms with Crippen LogP contribution in [-0.2, 0) is 14.3 Å². The first-order valence-electron chi connectivity index (χ1n) is 6.39. The predicted molar refractivity (Wildman–Crippen MR) is 69.0 cm³/mol. The van der Waals surface area contributed by atoms with Crippen molar-refractivity contribution >= 4 is 12.2 Å². The van der Waals surface area contributed by atoms with E-state index < -0.39 is 0 Å². The second kappa shape index (κ2) is 12.2. The topological polar surface area (TPSA) is 68.1 Å². The first-order chi connectivity index (χ1) is 8.74. The van der Waals surface area contributed by atoms with Crippen LogP contribution in [0.1, 0.15) is 33.1 Å². The highest BCUT2D eigenvalue weighted by atomic mass is 16.5. The van der Waals surface area contributed by atoms with Crippen molar-refractivity contribution in [2.75, 3.05) is 26.3 Å². The zero-order valence-corrected chi connectivity index (χ0v) is 11.2. The van der Waals surface area contributed by atoms with E-state index in [2.05, 4.69) is 23.8 Å². The molecule has 5 nitrogen and oxygen atoms in total. The molecule has 0 saturated carbocycles. The van der Waals surface area contributed by atoms with Crippen LogP contribution < -0.4 is 0 Å². The monoisotopic (exact) mass is 254 g/mol. The zero-order chi connectivity index (χ0) is 13.6. The normalized spacial score (nSPS) is 13.2. The van der Waals surface area contributed by atoms with Gasteiger partial charge in [0.15, 0.2) is 0 Å². The van der Waals surface area contributed by atoms with Crippen LogP contribution in [0.5, 0.6) is 0 Å². The second-order valence-electron chi connectivity index (χ2n) is 4.46. The van der Waals surface area contributed by atoms with E-state index in [9.17, 15) is 9.59 Å².